The third-order valence-corrected chi connectivity index (χ3v) is 13.0. The first kappa shape index (κ1) is 27.9. The Morgan fingerprint density at radius 2 is 1.61 bits per heavy atom. The highest BCUT2D eigenvalue weighted by molar-refractivity contribution is 7.90. The van der Waals surface area contributed by atoms with Gasteiger partial charge in [0, 0.05) is 24.6 Å². The van der Waals surface area contributed by atoms with Crippen molar-refractivity contribution in [3.05, 3.63) is 65.0 Å². The molecule has 2 rings (SSSR count). The van der Waals surface area contributed by atoms with Crippen molar-refractivity contribution < 1.29 is 17.8 Å². The van der Waals surface area contributed by atoms with Crippen LogP contribution in [0.3, 0.4) is 0 Å². The minimum atomic E-state index is -1.91. The van der Waals surface area contributed by atoms with Crippen molar-refractivity contribution in [3.8, 4) is 0 Å². The molecule has 1 aromatic heterocycles. The Balaban J connectivity index is 2.46. The SMILES string of the molecule is CN([S@+]([O-])C(C)(C)C)[C@@](C)(c1ccc(F)c(F)c1)c1ccc(CO[Si](C)(C)C(C)(C)C)cn1. The number of pyridine rings is 1. The molecule has 0 N–H and O–H groups in total. The minimum Gasteiger partial charge on any atom is -0.597 e. The molecule has 0 fully saturated rings. The van der Waals surface area contributed by atoms with Crippen LogP contribution in [0.5, 0.6) is 0 Å². The molecule has 2 atom stereocenters. The Kier molecular flexibility index (Phi) is 8.24. The number of benzene rings is 1. The molecule has 0 unspecified atom stereocenters. The molecule has 0 aliphatic heterocycles. The van der Waals surface area contributed by atoms with E-state index in [1.807, 2.05) is 39.8 Å². The van der Waals surface area contributed by atoms with E-state index in [1.165, 1.54) is 6.07 Å². The van der Waals surface area contributed by atoms with E-state index < -0.39 is 41.6 Å². The molecule has 8 heteroatoms. The zero-order valence-electron chi connectivity index (χ0n) is 21.5. The molecule has 0 radical (unpaired) electrons. The van der Waals surface area contributed by atoms with Crippen LogP contribution in [0.15, 0.2) is 36.5 Å². The van der Waals surface area contributed by atoms with Gasteiger partial charge in [0.2, 0.25) is 0 Å². The van der Waals surface area contributed by atoms with Gasteiger partial charge in [-0.2, -0.15) is 0 Å². The number of aromatic nitrogens is 1. The summed E-state index contributed by atoms with van der Waals surface area (Å²) in [6.07, 6.45) is 1.74. The van der Waals surface area contributed by atoms with Crippen LogP contribution < -0.4 is 0 Å². The van der Waals surface area contributed by atoms with Crippen molar-refractivity contribution in [2.24, 2.45) is 0 Å². The number of halogens is 2. The van der Waals surface area contributed by atoms with Gasteiger partial charge < -0.3 is 8.98 Å². The molecule has 33 heavy (non-hydrogen) atoms. The van der Waals surface area contributed by atoms with Gasteiger partial charge in [0.25, 0.3) is 0 Å². The van der Waals surface area contributed by atoms with Crippen LogP contribution >= 0.6 is 0 Å². The van der Waals surface area contributed by atoms with Crippen LogP contribution in [0, 0.1) is 11.6 Å². The third-order valence-electron chi connectivity index (χ3n) is 6.61. The first-order chi connectivity index (χ1) is 14.9. The smallest absolute Gasteiger partial charge is 0.192 e. The van der Waals surface area contributed by atoms with Crippen LogP contribution in [0.4, 0.5) is 8.78 Å². The summed E-state index contributed by atoms with van der Waals surface area (Å²) in [5.74, 6) is -1.88. The Bertz CT molecular complexity index is 958. The van der Waals surface area contributed by atoms with Crippen molar-refractivity contribution in [2.75, 3.05) is 7.05 Å². The lowest BCUT2D eigenvalue weighted by Gasteiger charge is -2.41. The number of nitrogens with zero attached hydrogens (tertiary/aromatic N) is 2. The van der Waals surface area contributed by atoms with E-state index in [0.717, 1.165) is 17.7 Å². The average molecular weight is 497 g/mol. The fourth-order valence-corrected chi connectivity index (χ4v) is 5.46. The molecule has 0 amide bonds. The quantitative estimate of drug-likeness (QED) is 0.323. The van der Waals surface area contributed by atoms with Gasteiger partial charge in [-0.3, -0.25) is 4.98 Å². The lowest BCUT2D eigenvalue weighted by Crippen LogP contribution is -2.52. The molecule has 184 valence electrons. The maximum Gasteiger partial charge on any atom is 0.192 e. The van der Waals surface area contributed by atoms with Gasteiger partial charge >= 0.3 is 0 Å². The van der Waals surface area contributed by atoms with Crippen molar-refractivity contribution >= 4 is 19.7 Å². The highest BCUT2D eigenvalue weighted by Gasteiger charge is 2.46. The van der Waals surface area contributed by atoms with E-state index in [1.54, 1.807) is 17.5 Å². The normalized spacial score (nSPS) is 16.1. The fraction of sp³-hybridized carbons (Fsp3) is 0.560. The zero-order valence-corrected chi connectivity index (χ0v) is 23.4. The molecule has 0 bridgehead atoms. The molecule has 0 saturated heterocycles. The second-order valence-corrected chi connectivity index (χ2v) is 18.2. The number of hydrogen-bond acceptors (Lipinski definition) is 4. The molecule has 4 nitrogen and oxygen atoms in total. The molecular formula is C25H38F2N2O2SSi. The lowest BCUT2D eigenvalue weighted by molar-refractivity contribution is 0.272. The predicted molar refractivity (Wildman–Crippen MR) is 135 cm³/mol. The van der Waals surface area contributed by atoms with Crippen molar-refractivity contribution in [2.45, 2.75) is 83.5 Å². The largest absolute Gasteiger partial charge is 0.597 e. The highest BCUT2D eigenvalue weighted by Crippen LogP contribution is 2.39. The molecule has 0 saturated carbocycles. The maximum atomic E-state index is 14.2. The molecule has 0 spiro atoms. The topological polar surface area (TPSA) is 48.4 Å². The summed E-state index contributed by atoms with van der Waals surface area (Å²) in [4.78, 5) is 4.67. The third kappa shape index (κ3) is 6.03. The van der Waals surface area contributed by atoms with E-state index in [-0.39, 0.29) is 5.04 Å². The van der Waals surface area contributed by atoms with Gasteiger partial charge in [-0.05, 0) is 75.2 Å². The van der Waals surface area contributed by atoms with Gasteiger partial charge in [-0.1, -0.05) is 32.9 Å². The van der Waals surface area contributed by atoms with Gasteiger partial charge in [-0.15, -0.1) is 4.31 Å². The van der Waals surface area contributed by atoms with Gasteiger partial charge in [0.1, 0.15) is 10.3 Å². The second-order valence-electron chi connectivity index (χ2n) is 11.2. The summed E-state index contributed by atoms with van der Waals surface area (Å²) < 4.78 is 48.6. The van der Waals surface area contributed by atoms with Gasteiger partial charge in [-0.25, -0.2) is 8.78 Å². The van der Waals surface area contributed by atoms with E-state index >= 15 is 0 Å². The van der Waals surface area contributed by atoms with E-state index in [0.29, 0.717) is 17.9 Å². The summed E-state index contributed by atoms with van der Waals surface area (Å²) >= 11 is -1.44. The standard InChI is InChI=1S/C25H38F2N2O2SSi/c1-23(2,3)32(30)29(8)25(7,19-12-13-20(26)21(27)15-19)22-14-11-18(16-28-22)17-31-33(9,10)24(4,5)6/h11-16H,17H2,1-10H3/t25-,32+/m0/s1. The van der Waals surface area contributed by atoms with Crippen LogP contribution in [0.2, 0.25) is 18.1 Å². The van der Waals surface area contributed by atoms with E-state index in [4.69, 9.17) is 4.43 Å². The maximum absolute atomic E-state index is 14.2. The van der Waals surface area contributed by atoms with Crippen LogP contribution in [-0.2, 0) is 27.9 Å². The van der Waals surface area contributed by atoms with Crippen molar-refractivity contribution in [1.82, 2.24) is 9.29 Å². The zero-order chi connectivity index (χ0) is 25.4. The minimum absolute atomic E-state index is 0.103. The second kappa shape index (κ2) is 9.74. The molecular weight excluding hydrogens is 458 g/mol. The Labute approximate surface area is 202 Å². The van der Waals surface area contributed by atoms with E-state index in [9.17, 15) is 13.3 Å². The molecule has 0 aliphatic carbocycles. The highest BCUT2D eigenvalue weighted by atomic mass is 32.2. The summed E-state index contributed by atoms with van der Waals surface area (Å²) in [6.45, 7) is 18.9. The van der Waals surface area contributed by atoms with Crippen LogP contribution in [0.25, 0.3) is 0 Å². The first-order valence-corrected chi connectivity index (χ1v) is 15.1. The number of hydrogen-bond donors (Lipinski definition) is 0. The monoisotopic (exact) mass is 496 g/mol. The summed E-state index contributed by atoms with van der Waals surface area (Å²) in [7, 11) is -0.188. The molecule has 0 aliphatic rings. The molecule has 2 aromatic rings. The van der Waals surface area contributed by atoms with Gasteiger partial charge in [0.15, 0.2) is 20.0 Å². The van der Waals surface area contributed by atoms with Crippen LogP contribution in [0.1, 0.15) is 65.3 Å². The average Bonchev–Trinajstić information content (AvgIpc) is 2.71. The Morgan fingerprint density at radius 3 is 2.06 bits per heavy atom. The van der Waals surface area contributed by atoms with Gasteiger partial charge in [0.05, 0.1) is 12.3 Å². The van der Waals surface area contributed by atoms with Crippen LogP contribution in [-0.4, -0.2) is 34.0 Å². The Morgan fingerprint density at radius 1 is 1.00 bits per heavy atom. The lowest BCUT2D eigenvalue weighted by atomic mass is 9.88. The molecule has 1 heterocycles. The Hall–Kier alpha value is -1.32. The summed E-state index contributed by atoms with van der Waals surface area (Å²) in [5, 5.41) is 0.103. The first-order valence-electron chi connectivity index (χ1n) is 11.1. The molecule has 1 aromatic carbocycles. The predicted octanol–water partition coefficient (Wildman–Crippen LogP) is 6.54. The van der Waals surface area contributed by atoms with Crippen molar-refractivity contribution in [3.63, 3.8) is 0 Å². The fourth-order valence-electron chi connectivity index (χ4n) is 3.14. The van der Waals surface area contributed by atoms with E-state index in [2.05, 4.69) is 38.8 Å². The van der Waals surface area contributed by atoms with Crippen molar-refractivity contribution in [1.29, 1.82) is 0 Å². The number of rotatable bonds is 7. The summed E-state index contributed by atoms with van der Waals surface area (Å²) in [6, 6.07) is 7.55. The summed E-state index contributed by atoms with van der Waals surface area (Å²) in [5.41, 5.74) is 0.936.